The molecule has 0 aliphatic carbocycles. The molecule has 134 valence electrons. The maximum absolute atomic E-state index is 2.51. The van der Waals surface area contributed by atoms with Crippen LogP contribution in [0.25, 0.3) is 0 Å². The summed E-state index contributed by atoms with van der Waals surface area (Å²) < 4.78 is 0. The van der Waals surface area contributed by atoms with Crippen molar-refractivity contribution in [1.82, 2.24) is 0 Å². The second-order valence-electron chi connectivity index (χ2n) is 7.75. The summed E-state index contributed by atoms with van der Waals surface area (Å²) in [6, 6.07) is 0. The van der Waals surface area contributed by atoms with E-state index in [2.05, 4.69) is 27.7 Å². The van der Waals surface area contributed by atoms with E-state index in [1.54, 1.807) is 0 Å². The molecule has 0 radical (unpaired) electrons. The predicted octanol–water partition coefficient (Wildman–Crippen LogP) is 8.54. The van der Waals surface area contributed by atoms with Gasteiger partial charge in [0.2, 0.25) is 0 Å². The molecule has 0 aromatic heterocycles. The summed E-state index contributed by atoms with van der Waals surface area (Å²) >= 11 is 0. The summed E-state index contributed by atoms with van der Waals surface area (Å²) in [4.78, 5) is 0. The van der Waals surface area contributed by atoms with Gasteiger partial charge in [0.1, 0.15) is 0 Å². The van der Waals surface area contributed by atoms with Gasteiger partial charge >= 0.3 is 0 Å². The van der Waals surface area contributed by atoms with Crippen LogP contribution in [0, 0.1) is 11.8 Å². The van der Waals surface area contributed by atoms with Crippen LogP contribution in [0.3, 0.4) is 0 Å². The average molecular weight is 311 g/mol. The van der Waals surface area contributed by atoms with Gasteiger partial charge in [-0.1, -0.05) is 124 Å². The van der Waals surface area contributed by atoms with E-state index in [-0.39, 0.29) is 0 Å². The molecule has 0 heterocycles. The minimum Gasteiger partial charge on any atom is -0.0654 e. The van der Waals surface area contributed by atoms with Crippen molar-refractivity contribution in [3.63, 3.8) is 0 Å². The van der Waals surface area contributed by atoms with Crippen LogP contribution in [-0.2, 0) is 0 Å². The molecule has 0 amide bonds. The highest BCUT2D eigenvalue weighted by molar-refractivity contribution is 4.65. The first kappa shape index (κ1) is 22.0. The van der Waals surface area contributed by atoms with Crippen LogP contribution in [0.5, 0.6) is 0 Å². The van der Waals surface area contributed by atoms with Crippen molar-refractivity contribution >= 4 is 0 Å². The lowest BCUT2D eigenvalue weighted by Gasteiger charge is -2.21. The van der Waals surface area contributed by atoms with Crippen molar-refractivity contribution in [2.24, 2.45) is 11.8 Å². The van der Waals surface area contributed by atoms with Gasteiger partial charge < -0.3 is 0 Å². The second-order valence-corrected chi connectivity index (χ2v) is 7.75. The zero-order valence-electron chi connectivity index (χ0n) is 16.5. The van der Waals surface area contributed by atoms with Gasteiger partial charge in [0.05, 0.1) is 0 Å². The van der Waals surface area contributed by atoms with Crippen LogP contribution in [0.2, 0.25) is 0 Å². The summed E-state index contributed by atoms with van der Waals surface area (Å²) in [6.45, 7) is 9.47. The van der Waals surface area contributed by atoms with Crippen LogP contribution in [0.15, 0.2) is 0 Å². The fourth-order valence-corrected chi connectivity index (χ4v) is 3.71. The molecule has 0 saturated carbocycles. The third-order valence-corrected chi connectivity index (χ3v) is 5.22. The van der Waals surface area contributed by atoms with Crippen LogP contribution < -0.4 is 0 Å². The number of unbranched alkanes of at least 4 members (excludes halogenated alkanes) is 9. The first-order valence-corrected chi connectivity index (χ1v) is 10.7. The molecular formula is C22H46. The number of hydrogen-bond acceptors (Lipinski definition) is 0. The Kier molecular flexibility index (Phi) is 17.4. The quantitative estimate of drug-likeness (QED) is 0.236. The Morgan fingerprint density at radius 1 is 0.500 bits per heavy atom. The van der Waals surface area contributed by atoms with E-state index in [0.29, 0.717) is 0 Å². The smallest absolute Gasteiger partial charge is 0.0412 e. The molecule has 0 rings (SSSR count). The molecule has 0 aromatic carbocycles. The summed E-state index contributed by atoms with van der Waals surface area (Å²) in [5.41, 5.74) is 0. The van der Waals surface area contributed by atoms with E-state index < -0.39 is 0 Å². The van der Waals surface area contributed by atoms with Crippen molar-refractivity contribution in [2.45, 2.75) is 130 Å². The summed E-state index contributed by atoms with van der Waals surface area (Å²) in [7, 11) is 0. The van der Waals surface area contributed by atoms with Crippen LogP contribution in [0.4, 0.5) is 0 Å². The third kappa shape index (κ3) is 14.9. The standard InChI is InChI=1S/C22H46/c1-5-8-11-13-15-17-21(4)20-22(18-14-10-7-3)19-16-12-9-6-2/h21-22H,5-20H2,1-4H3. The fraction of sp³-hybridized carbons (Fsp3) is 1.00. The van der Waals surface area contributed by atoms with E-state index >= 15 is 0 Å². The number of rotatable bonds is 17. The maximum Gasteiger partial charge on any atom is -0.0412 e. The fourth-order valence-electron chi connectivity index (χ4n) is 3.71. The maximum atomic E-state index is 2.51. The molecule has 0 aliphatic heterocycles. The van der Waals surface area contributed by atoms with Crippen LogP contribution >= 0.6 is 0 Å². The minimum absolute atomic E-state index is 0.958. The molecule has 2 unspecified atom stereocenters. The lowest BCUT2D eigenvalue weighted by atomic mass is 9.85. The van der Waals surface area contributed by atoms with Crippen molar-refractivity contribution in [1.29, 1.82) is 0 Å². The van der Waals surface area contributed by atoms with Crippen molar-refractivity contribution < 1.29 is 0 Å². The minimum atomic E-state index is 0.958. The molecule has 0 N–H and O–H groups in total. The molecule has 0 heteroatoms. The van der Waals surface area contributed by atoms with E-state index in [4.69, 9.17) is 0 Å². The number of hydrogen-bond donors (Lipinski definition) is 0. The summed E-state index contributed by atoms with van der Waals surface area (Å²) in [5.74, 6) is 1.98. The Balaban J connectivity index is 3.85. The van der Waals surface area contributed by atoms with Gasteiger partial charge in [-0.25, -0.2) is 0 Å². The highest BCUT2D eigenvalue weighted by Gasteiger charge is 2.13. The second kappa shape index (κ2) is 17.4. The van der Waals surface area contributed by atoms with Gasteiger partial charge in [-0.05, 0) is 18.3 Å². The van der Waals surface area contributed by atoms with E-state index in [1.165, 1.54) is 103 Å². The lowest BCUT2D eigenvalue weighted by molar-refractivity contribution is 0.314. The van der Waals surface area contributed by atoms with E-state index in [1.807, 2.05) is 0 Å². The van der Waals surface area contributed by atoms with Gasteiger partial charge in [0.25, 0.3) is 0 Å². The Bertz CT molecular complexity index is 196. The molecule has 0 saturated heterocycles. The highest BCUT2D eigenvalue weighted by Crippen LogP contribution is 2.27. The van der Waals surface area contributed by atoms with Crippen molar-refractivity contribution in [3.05, 3.63) is 0 Å². The molecule has 0 aliphatic rings. The van der Waals surface area contributed by atoms with Gasteiger partial charge in [-0.15, -0.1) is 0 Å². The molecule has 22 heavy (non-hydrogen) atoms. The zero-order valence-corrected chi connectivity index (χ0v) is 16.5. The average Bonchev–Trinajstić information content (AvgIpc) is 2.51. The first-order chi connectivity index (χ1) is 10.7. The SMILES string of the molecule is CCCCCCCC(C)CC(CCCCC)CCCCCC. The molecule has 2 atom stereocenters. The molecule has 0 fully saturated rings. The normalized spacial score (nSPS) is 14.2. The summed E-state index contributed by atoms with van der Waals surface area (Å²) in [6.07, 6.45) is 23.2. The van der Waals surface area contributed by atoms with Crippen molar-refractivity contribution in [2.75, 3.05) is 0 Å². The van der Waals surface area contributed by atoms with Gasteiger partial charge in [-0.3, -0.25) is 0 Å². The Labute approximate surface area is 142 Å². The lowest BCUT2D eigenvalue weighted by Crippen LogP contribution is -2.07. The molecular weight excluding hydrogens is 264 g/mol. The predicted molar refractivity (Wildman–Crippen MR) is 104 cm³/mol. The van der Waals surface area contributed by atoms with Crippen LogP contribution in [-0.4, -0.2) is 0 Å². The monoisotopic (exact) mass is 310 g/mol. The third-order valence-electron chi connectivity index (χ3n) is 5.22. The molecule has 0 aromatic rings. The van der Waals surface area contributed by atoms with Crippen molar-refractivity contribution in [3.8, 4) is 0 Å². The van der Waals surface area contributed by atoms with Crippen LogP contribution in [0.1, 0.15) is 130 Å². The van der Waals surface area contributed by atoms with Gasteiger partial charge in [0, 0.05) is 0 Å². The van der Waals surface area contributed by atoms with Gasteiger partial charge in [0.15, 0.2) is 0 Å². The summed E-state index contributed by atoms with van der Waals surface area (Å²) in [5, 5.41) is 0. The Morgan fingerprint density at radius 3 is 1.50 bits per heavy atom. The topological polar surface area (TPSA) is 0 Å². The Hall–Kier alpha value is 0. The zero-order chi connectivity index (χ0) is 16.5. The van der Waals surface area contributed by atoms with Gasteiger partial charge in [-0.2, -0.15) is 0 Å². The highest BCUT2D eigenvalue weighted by atomic mass is 14.2. The first-order valence-electron chi connectivity index (χ1n) is 10.7. The molecule has 0 bridgehead atoms. The Morgan fingerprint density at radius 2 is 0.909 bits per heavy atom. The largest absolute Gasteiger partial charge is 0.0654 e. The van der Waals surface area contributed by atoms with E-state index in [9.17, 15) is 0 Å². The molecule has 0 spiro atoms. The molecule has 0 nitrogen and oxygen atoms in total. The van der Waals surface area contributed by atoms with E-state index in [0.717, 1.165) is 11.8 Å².